The van der Waals surface area contributed by atoms with Gasteiger partial charge in [0.1, 0.15) is 13.1 Å². The van der Waals surface area contributed by atoms with Gasteiger partial charge in [0.2, 0.25) is 0 Å². The summed E-state index contributed by atoms with van der Waals surface area (Å²) in [6.45, 7) is -0.195. The van der Waals surface area contributed by atoms with Crippen LogP contribution < -0.4 is 9.80 Å². The largest absolute Gasteiger partial charge is 0.480 e. The Morgan fingerprint density at radius 2 is 1.59 bits per heavy atom. The van der Waals surface area contributed by atoms with E-state index in [-0.39, 0.29) is 18.5 Å². The average Bonchev–Trinajstić information content (AvgIpc) is 3.20. The van der Waals surface area contributed by atoms with Gasteiger partial charge >= 0.3 is 11.9 Å². The zero-order chi connectivity index (χ0) is 20.4. The van der Waals surface area contributed by atoms with E-state index in [9.17, 15) is 19.8 Å². The molecule has 0 saturated carbocycles. The molecule has 2 aromatic rings. The second kappa shape index (κ2) is 8.26. The maximum Gasteiger partial charge on any atom is 0.323 e. The molecule has 0 saturated heterocycles. The number of carbonyl (C=O) groups is 2. The molecule has 148 valence electrons. The quantitative estimate of drug-likeness (QED) is 0.715. The zero-order valence-corrected chi connectivity index (χ0v) is 16.9. The molecule has 0 fully saturated rings. The number of carboxylic acid groups (broad SMARTS) is 2. The van der Waals surface area contributed by atoms with Crippen molar-refractivity contribution in [2.75, 3.05) is 22.9 Å². The normalized spacial score (nSPS) is 19.0. The first-order valence-electron chi connectivity index (χ1n) is 8.92. The molecule has 4 rings (SSSR count). The number of hydrogen-bond donors (Lipinski definition) is 2. The fourth-order valence-electron chi connectivity index (χ4n) is 3.30. The number of para-hydroxylation sites is 2. The molecule has 8 heteroatoms. The summed E-state index contributed by atoms with van der Waals surface area (Å²) in [6, 6.07) is 15.5. The summed E-state index contributed by atoms with van der Waals surface area (Å²) in [7, 11) is 0. The van der Waals surface area contributed by atoms with Crippen LogP contribution in [0.15, 0.2) is 81.6 Å². The van der Waals surface area contributed by atoms with E-state index in [1.54, 1.807) is 16.7 Å². The first-order valence-corrected chi connectivity index (χ1v) is 10.6. The summed E-state index contributed by atoms with van der Waals surface area (Å²) >= 11 is 3.13. The van der Waals surface area contributed by atoms with Crippen molar-refractivity contribution in [1.82, 2.24) is 0 Å². The minimum Gasteiger partial charge on any atom is -0.480 e. The van der Waals surface area contributed by atoms with Gasteiger partial charge < -0.3 is 20.0 Å². The molecule has 1 unspecified atom stereocenters. The molecular weight excluding hydrogens is 408 g/mol. The standard InChI is InChI=1S/C21H18N2O4S2/c24-20(25)12-22-14-6-1-3-8-16(14)28-18(22)10-5-11-19-23(13-21(26)27)15-7-2-4-9-17(15)29-19/h1-11,18H,12-13H2,(H,24,25)(H,26,27)/b10-5+,19-11+. The number of aliphatic carboxylic acids is 2. The fraction of sp³-hybridized carbons (Fsp3) is 0.143. The number of nitrogens with zero attached hydrogens (tertiary/aromatic N) is 2. The second-order valence-electron chi connectivity index (χ2n) is 6.44. The van der Waals surface area contributed by atoms with Crippen LogP contribution >= 0.6 is 23.5 Å². The number of benzene rings is 2. The van der Waals surface area contributed by atoms with Crippen molar-refractivity contribution < 1.29 is 19.8 Å². The minimum atomic E-state index is -0.897. The van der Waals surface area contributed by atoms with Gasteiger partial charge in [-0.25, -0.2) is 0 Å². The van der Waals surface area contributed by atoms with Crippen LogP contribution in [0.3, 0.4) is 0 Å². The molecule has 0 aromatic heterocycles. The van der Waals surface area contributed by atoms with E-state index in [2.05, 4.69) is 0 Å². The van der Waals surface area contributed by atoms with Crippen molar-refractivity contribution in [3.63, 3.8) is 0 Å². The van der Waals surface area contributed by atoms with E-state index in [0.717, 1.165) is 26.2 Å². The van der Waals surface area contributed by atoms with Gasteiger partial charge in [0.05, 0.1) is 21.8 Å². The lowest BCUT2D eigenvalue weighted by atomic mass is 10.2. The molecule has 2 aromatic carbocycles. The number of allylic oxidation sites excluding steroid dienone is 2. The van der Waals surface area contributed by atoms with Crippen LogP contribution in [0.25, 0.3) is 0 Å². The van der Waals surface area contributed by atoms with Crippen molar-refractivity contribution in [1.29, 1.82) is 0 Å². The van der Waals surface area contributed by atoms with Gasteiger partial charge in [0.25, 0.3) is 0 Å². The SMILES string of the molecule is O=C(O)CN1/C(=C\C=C\C2Sc3ccccc3N2CC(=O)O)Sc2ccccc21. The molecule has 0 aliphatic carbocycles. The third-order valence-corrected chi connectivity index (χ3v) is 6.86. The summed E-state index contributed by atoms with van der Waals surface area (Å²) in [5, 5.41) is 19.2. The summed E-state index contributed by atoms with van der Waals surface area (Å²) < 4.78 is 0. The predicted octanol–water partition coefficient (Wildman–Crippen LogP) is 4.10. The Kier molecular flexibility index (Phi) is 5.55. The van der Waals surface area contributed by atoms with Gasteiger partial charge in [-0.3, -0.25) is 9.59 Å². The number of rotatable bonds is 6. The van der Waals surface area contributed by atoms with Gasteiger partial charge in [-0.2, -0.15) is 0 Å². The van der Waals surface area contributed by atoms with Gasteiger partial charge in [0, 0.05) is 9.79 Å². The van der Waals surface area contributed by atoms with Crippen molar-refractivity contribution in [2.24, 2.45) is 0 Å². The van der Waals surface area contributed by atoms with Gasteiger partial charge in [-0.05, 0) is 30.3 Å². The van der Waals surface area contributed by atoms with Crippen LogP contribution in [0, 0.1) is 0 Å². The number of fused-ring (bicyclic) bond motifs is 2. The zero-order valence-electron chi connectivity index (χ0n) is 15.3. The summed E-state index contributed by atoms with van der Waals surface area (Å²) in [6.07, 6.45) is 5.71. The van der Waals surface area contributed by atoms with E-state index < -0.39 is 11.9 Å². The lowest BCUT2D eigenvalue weighted by molar-refractivity contribution is -0.136. The number of anilines is 2. The summed E-state index contributed by atoms with van der Waals surface area (Å²) in [5.41, 5.74) is 1.80. The van der Waals surface area contributed by atoms with Crippen LogP contribution in [0.4, 0.5) is 11.4 Å². The Hall–Kier alpha value is -2.84. The highest BCUT2D eigenvalue weighted by Crippen LogP contribution is 2.46. The Bertz CT molecular complexity index is 1020. The van der Waals surface area contributed by atoms with Crippen molar-refractivity contribution in [3.8, 4) is 0 Å². The van der Waals surface area contributed by atoms with Crippen molar-refractivity contribution in [2.45, 2.75) is 15.2 Å². The van der Waals surface area contributed by atoms with Crippen LogP contribution in [0.2, 0.25) is 0 Å². The molecule has 2 heterocycles. The first kappa shape index (κ1) is 19.5. The molecule has 0 bridgehead atoms. The molecule has 29 heavy (non-hydrogen) atoms. The van der Waals surface area contributed by atoms with Crippen LogP contribution in [0.1, 0.15) is 0 Å². The molecule has 2 aliphatic rings. The van der Waals surface area contributed by atoms with Gasteiger partial charge in [0.15, 0.2) is 0 Å². The molecule has 6 nitrogen and oxygen atoms in total. The average molecular weight is 427 g/mol. The van der Waals surface area contributed by atoms with Crippen molar-refractivity contribution >= 4 is 46.8 Å². The molecule has 1 atom stereocenters. The summed E-state index contributed by atoms with van der Waals surface area (Å²) in [4.78, 5) is 28.3. The third-order valence-electron chi connectivity index (χ3n) is 4.48. The smallest absolute Gasteiger partial charge is 0.323 e. The molecule has 0 spiro atoms. The second-order valence-corrected chi connectivity index (χ2v) is 8.66. The maximum absolute atomic E-state index is 11.3. The van der Waals surface area contributed by atoms with Crippen LogP contribution in [0.5, 0.6) is 0 Å². The van der Waals surface area contributed by atoms with Gasteiger partial charge in [-0.15, -0.1) is 0 Å². The first-order chi connectivity index (χ1) is 14.0. The number of hydrogen-bond acceptors (Lipinski definition) is 6. The predicted molar refractivity (Wildman–Crippen MR) is 116 cm³/mol. The Balaban J connectivity index is 1.56. The topological polar surface area (TPSA) is 81.1 Å². The molecular formula is C21H18N2O4S2. The molecule has 2 N–H and O–H groups in total. The van der Waals surface area contributed by atoms with E-state index in [4.69, 9.17) is 0 Å². The van der Waals surface area contributed by atoms with E-state index in [0.29, 0.717) is 0 Å². The van der Waals surface area contributed by atoms with E-state index in [1.807, 2.05) is 71.7 Å². The highest BCUT2D eigenvalue weighted by molar-refractivity contribution is 8.03. The fourth-order valence-corrected chi connectivity index (χ4v) is 5.58. The molecule has 0 amide bonds. The van der Waals surface area contributed by atoms with Gasteiger partial charge in [-0.1, -0.05) is 59.9 Å². The summed E-state index contributed by atoms with van der Waals surface area (Å²) in [5.74, 6) is -1.78. The monoisotopic (exact) mass is 426 g/mol. The third kappa shape index (κ3) is 4.13. The van der Waals surface area contributed by atoms with Crippen molar-refractivity contribution in [3.05, 3.63) is 71.8 Å². The lowest BCUT2D eigenvalue weighted by Crippen LogP contribution is -2.33. The minimum absolute atomic E-state index is 0.0824. The van der Waals surface area contributed by atoms with E-state index >= 15 is 0 Å². The lowest BCUT2D eigenvalue weighted by Gasteiger charge is -2.22. The molecule has 0 radical (unpaired) electrons. The van der Waals surface area contributed by atoms with Crippen LogP contribution in [-0.2, 0) is 9.59 Å². The van der Waals surface area contributed by atoms with E-state index in [1.165, 1.54) is 11.8 Å². The Labute approximate surface area is 176 Å². The number of carboxylic acids is 2. The number of thioether (sulfide) groups is 2. The Morgan fingerprint density at radius 1 is 0.931 bits per heavy atom. The Morgan fingerprint density at radius 3 is 2.31 bits per heavy atom. The van der Waals surface area contributed by atoms with Crippen LogP contribution in [-0.4, -0.2) is 40.6 Å². The molecule has 2 aliphatic heterocycles. The highest BCUT2D eigenvalue weighted by Gasteiger charge is 2.30. The highest BCUT2D eigenvalue weighted by atomic mass is 32.2. The maximum atomic E-state index is 11.3.